The van der Waals surface area contributed by atoms with E-state index in [1.54, 1.807) is 5.20 Å². The molecule has 1 heterocycles. The van der Waals surface area contributed by atoms with Crippen molar-refractivity contribution in [2.45, 2.75) is 65.0 Å². The second-order valence-electron chi connectivity index (χ2n) is 5.52. The first-order valence-corrected chi connectivity index (χ1v) is 9.24. The Morgan fingerprint density at radius 1 is 1.21 bits per heavy atom. The highest BCUT2D eigenvalue weighted by molar-refractivity contribution is 6.83. The van der Waals surface area contributed by atoms with Gasteiger partial charge in [0.2, 0.25) is 0 Å². The fraction of sp³-hybridized carbons (Fsp3) is 0.833. The van der Waals surface area contributed by atoms with Crippen LogP contribution >= 0.6 is 0 Å². The molecular formula is C12H24OSi. The molecule has 1 rings (SSSR count). The van der Waals surface area contributed by atoms with E-state index in [1.165, 1.54) is 12.8 Å². The molecule has 1 aliphatic heterocycles. The quantitative estimate of drug-likeness (QED) is 0.601. The van der Waals surface area contributed by atoms with Gasteiger partial charge in [0, 0.05) is 0 Å². The van der Waals surface area contributed by atoms with E-state index in [-0.39, 0.29) is 0 Å². The van der Waals surface area contributed by atoms with Crippen molar-refractivity contribution < 1.29 is 4.74 Å². The molecule has 0 saturated heterocycles. The van der Waals surface area contributed by atoms with Gasteiger partial charge in [-0.2, -0.15) is 0 Å². The van der Waals surface area contributed by atoms with Crippen molar-refractivity contribution in [3.8, 4) is 0 Å². The number of ether oxygens (including phenoxy) is 1. The topological polar surface area (TPSA) is 9.23 Å². The Bertz CT molecular complexity index is 215. The molecule has 2 atom stereocenters. The molecule has 0 aromatic carbocycles. The van der Waals surface area contributed by atoms with Crippen molar-refractivity contribution in [1.29, 1.82) is 0 Å². The van der Waals surface area contributed by atoms with Crippen LogP contribution in [0.15, 0.2) is 11.3 Å². The maximum atomic E-state index is 5.90. The molecule has 14 heavy (non-hydrogen) atoms. The van der Waals surface area contributed by atoms with Crippen LogP contribution in [-0.4, -0.2) is 20.3 Å². The molecule has 2 unspecified atom stereocenters. The second-order valence-corrected chi connectivity index (χ2v) is 10.7. The summed E-state index contributed by atoms with van der Waals surface area (Å²) in [4.78, 5) is 0. The lowest BCUT2D eigenvalue weighted by molar-refractivity contribution is 0.00383. The highest BCUT2D eigenvalue weighted by Gasteiger charge is 2.23. The van der Waals surface area contributed by atoms with E-state index in [1.807, 2.05) is 0 Å². The highest BCUT2D eigenvalue weighted by Crippen LogP contribution is 2.25. The van der Waals surface area contributed by atoms with E-state index in [4.69, 9.17) is 4.74 Å². The van der Waals surface area contributed by atoms with Gasteiger partial charge in [-0.1, -0.05) is 30.9 Å². The van der Waals surface area contributed by atoms with E-state index in [2.05, 4.69) is 39.6 Å². The van der Waals surface area contributed by atoms with Crippen LogP contribution in [0, 0.1) is 0 Å². The fourth-order valence-corrected chi connectivity index (χ4v) is 3.67. The number of hydrogen-bond donors (Lipinski definition) is 0. The molecule has 2 heteroatoms. The number of hydrogen-bond acceptors (Lipinski definition) is 1. The molecule has 1 nitrogen and oxygen atoms in total. The van der Waals surface area contributed by atoms with Crippen LogP contribution in [0.2, 0.25) is 19.6 Å². The van der Waals surface area contributed by atoms with Gasteiger partial charge in [-0.3, -0.25) is 0 Å². The molecule has 0 radical (unpaired) electrons. The molecule has 0 spiro atoms. The van der Waals surface area contributed by atoms with Gasteiger partial charge in [-0.05, 0) is 33.1 Å². The van der Waals surface area contributed by atoms with Gasteiger partial charge in [-0.25, -0.2) is 0 Å². The third kappa shape index (κ3) is 3.58. The van der Waals surface area contributed by atoms with Gasteiger partial charge < -0.3 is 4.74 Å². The van der Waals surface area contributed by atoms with Gasteiger partial charge in [0.15, 0.2) is 0 Å². The van der Waals surface area contributed by atoms with Gasteiger partial charge in [0.25, 0.3) is 0 Å². The molecule has 0 amide bonds. The molecule has 82 valence electrons. The number of rotatable bonds is 1. The standard InChI is InChI=1S/C12H24OSi/c1-10-7-6-8-12(14(3,4)5)9-11(2)13-10/h8,10-11H,6-7,9H2,1-5H3. The molecule has 0 saturated carbocycles. The van der Waals surface area contributed by atoms with Crippen molar-refractivity contribution in [1.82, 2.24) is 0 Å². The van der Waals surface area contributed by atoms with Gasteiger partial charge in [-0.15, -0.1) is 0 Å². The molecule has 0 bridgehead atoms. The first kappa shape index (κ1) is 12.0. The maximum absolute atomic E-state index is 5.90. The monoisotopic (exact) mass is 212 g/mol. The second kappa shape index (κ2) is 4.62. The minimum atomic E-state index is -1.09. The molecule has 0 aliphatic carbocycles. The smallest absolute Gasteiger partial charge is 0.0721 e. The van der Waals surface area contributed by atoms with Crippen molar-refractivity contribution in [2.24, 2.45) is 0 Å². The largest absolute Gasteiger partial charge is 0.375 e. The van der Waals surface area contributed by atoms with Crippen molar-refractivity contribution in [3.05, 3.63) is 11.3 Å². The van der Waals surface area contributed by atoms with Crippen molar-refractivity contribution in [2.75, 3.05) is 0 Å². The SMILES string of the molecule is CC1CCC=C([Si](C)(C)C)CC(C)O1. The van der Waals surface area contributed by atoms with Crippen LogP contribution < -0.4 is 0 Å². The van der Waals surface area contributed by atoms with Gasteiger partial charge in [0.05, 0.1) is 20.3 Å². The minimum Gasteiger partial charge on any atom is -0.375 e. The first-order valence-electron chi connectivity index (χ1n) is 5.74. The summed E-state index contributed by atoms with van der Waals surface area (Å²) in [6, 6.07) is 0. The Labute approximate surface area is 89.6 Å². The Kier molecular flexibility index (Phi) is 3.96. The summed E-state index contributed by atoms with van der Waals surface area (Å²) in [5.41, 5.74) is 0. The van der Waals surface area contributed by atoms with Crippen LogP contribution in [0.3, 0.4) is 0 Å². The van der Waals surface area contributed by atoms with Crippen molar-refractivity contribution >= 4 is 8.07 Å². The zero-order valence-corrected chi connectivity index (χ0v) is 11.3. The Hall–Kier alpha value is -0.0831. The highest BCUT2D eigenvalue weighted by atomic mass is 28.3. The predicted molar refractivity (Wildman–Crippen MR) is 65.3 cm³/mol. The van der Waals surface area contributed by atoms with E-state index in [9.17, 15) is 0 Å². The molecule has 0 aromatic heterocycles. The maximum Gasteiger partial charge on any atom is 0.0721 e. The average Bonchev–Trinajstić information content (AvgIpc) is 1.97. The van der Waals surface area contributed by atoms with Gasteiger partial charge in [0.1, 0.15) is 0 Å². The van der Waals surface area contributed by atoms with E-state index >= 15 is 0 Å². The van der Waals surface area contributed by atoms with Crippen LogP contribution in [0.5, 0.6) is 0 Å². The van der Waals surface area contributed by atoms with Crippen LogP contribution in [0.1, 0.15) is 33.1 Å². The lowest BCUT2D eigenvalue weighted by Gasteiger charge is -2.28. The van der Waals surface area contributed by atoms with Crippen LogP contribution in [-0.2, 0) is 4.74 Å². The van der Waals surface area contributed by atoms with Crippen LogP contribution in [0.25, 0.3) is 0 Å². The van der Waals surface area contributed by atoms with Crippen molar-refractivity contribution in [3.63, 3.8) is 0 Å². The predicted octanol–water partition coefficient (Wildman–Crippen LogP) is 3.77. The average molecular weight is 212 g/mol. The summed E-state index contributed by atoms with van der Waals surface area (Å²) < 4.78 is 5.90. The summed E-state index contributed by atoms with van der Waals surface area (Å²) in [6.45, 7) is 11.7. The first-order chi connectivity index (χ1) is 6.39. The molecule has 0 fully saturated rings. The van der Waals surface area contributed by atoms with E-state index in [0.717, 1.165) is 6.42 Å². The molecule has 1 aliphatic rings. The third-order valence-corrected chi connectivity index (χ3v) is 5.23. The van der Waals surface area contributed by atoms with Gasteiger partial charge >= 0.3 is 0 Å². The Balaban J connectivity index is 2.72. The molecule has 0 N–H and O–H groups in total. The zero-order chi connectivity index (χ0) is 10.8. The normalized spacial score (nSPS) is 30.5. The Morgan fingerprint density at radius 3 is 2.43 bits per heavy atom. The number of allylic oxidation sites excluding steroid dienone is 1. The Morgan fingerprint density at radius 2 is 1.86 bits per heavy atom. The summed E-state index contributed by atoms with van der Waals surface area (Å²) in [5.74, 6) is 0. The summed E-state index contributed by atoms with van der Waals surface area (Å²) >= 11 is 0. The lowest BCUT2D eigenvalue weighted by atomic mass is 10.1. The van der Waals surface area contributed by atoms with Crippen LogP contribution in [0.4, 0.5) is 0 Å². The fourth-order valence-electron chi connectivity index (χ4n) is 2.01. The summed E-state index contributed by atoms with van der Waals surface area (Å²) in [5, 5.41) is 1.69. The summed E-state index contributed by atoms with van der Waals surface area (Å²) in [7, 11) is -1.09. The third-order valence-electron chi connectivity index (χ3n) is 2.90. The zero-order valence-electron chi connectivity index (χ0n) is 10.3. The summed E-state index contributed by atoms with van der Waals surface area (Å²) in [6.07, 6.45) is 6.86. The molecular weight excluding hydrogens is 188 g/mol. The minimum absolute atomic E-state index is 0.406. The van der Waals surface area contributed by atoms with E-state index in [0.29, 0.717) is 12.2 Å². The molecule has 0 aromatic rings. The van der Waals surface area contributed by atoms with E-state index < -0.39 is 8.07 Å². The lowest BCUT2D eigenvalue weighted by Crippen LogP contribution is -2.29.